The molecule has 0 bridgehead atoms. The van der Waals surface area contributed by atoms with E-state index in [4.69, 9.17) is 0 Å². The van der Waals surface area contributed by atoms with Gasteiger partial charge in [0.05, 0.1) is 11.0 Å². The number of hydrogen-bond donors (Lipinski definition) is 3. The molecule has 0 saturated heterocycles. The monoisotopic (exact) mass is 461 g/mol. The van der Waals surface area contributed by atoms with Gasteiger partial charge in [0.1, 0.15) is 5.82 Å². The Morgan fingerprint density at radius 2 is 2.26 bits per heavy atom. The minimum absolute atomic E-state index is 0.0541. The molecule has 0 unspecified atom stereocenters. The fraction of sp³-hybridized carbons (Fsp3) is 0.231. The standard InChI is InChI=1S/C13H13BrFN7O4S/c14-9-7-8(1-2-10(9)15)18-13(19-23)11-12(21-26-20-11)16-3-5-22-6-4-17-27(22,24)25/h1-2,4,7,23H,3,5-6H2,(H,16,21)(H,18,19). The molecule has 0 atom stereocenters. The molecule has 0 aliphatic carbocycles. The first kappa shape index (κ1) is 19.2. The zero-order valence-corrected chi connectivity index (χ0v) is 15.9. The van der Waals surface area contributed by atoms with Gasteiger partial charge in [-0.2, -0.15) is 17.1 Å². The Balaban J connectivity index is 1.66. The average Bonchev–Trinajstić information content (AvgIpc) is 3.22. The average molecular weight is 462 g/mol. The summed E-state index contributed by atoms with van der Waals surface area (Å²) >= 11 is 3.06. The lowest BCUT2D eigenvalue weighted by Gasteiger charge is -2.13. The molecule has 11 nitrogen and oxygen atoms in total. The molecule has 0 fully saturated rings. The number of anilines is 2. The van der Waals surface area contributed by atoms with Crippen LogP contribution in [0.25, 0.3) is 0 Å². The number of nitrogens with one attached hydrogen (secondary N) is 2. The molecule has 0 spiro atoms. The van der Waals surface area contributed by atoms with Crippen LogP contribution in [0.4, 0.5) is 15.9 Å². The van der Waals surface area contributed by atoms with Crippen molar-refractivity contribution >= 4 is 49.7 Å². The van der Waals surface area contributed by atoms with Gasteiger partial charge in [-0.05, 0) is 44.4 Å². The summed E-state index contributed by atoms with van der Waals surface area (Å²) in [5, 5.41) is 25.3. The van der Waals surface area contributed by atoms with Gasteiger partial charge in [-0.15, -0.1) is 0 Å². The van der Waals surface area contributed by atoms with E-state index in [-0.39, 0.29) is 41.5 Å². The summed E-state index contributed by atoms with van der Waals surface area (Å²) in [6.07, 6.45) is 1.31. The number of benzene rings is 1. The van der Waals surface area contributed by atoms with Crippen LogP contribution < -0.4 is 10.6 Å². The largest absolute Gasteiger partial charge is 0.409 e. The summed E-state index contributed by atoms with van der Waals surface area (Å²) in [5.41, 5.74) is 0.476. The summed E-state index contributed by atoms with van der Waals surface area (Å²) in [6, 6.07) is 4.10. The SMILES string of the molecule is O=S1(=O)N=CCN1CCNc1nonc1C(=NO)Nc1ccc(F)c(Br)c1. The first-order valence-corrected chi connectivity index (χ1v) is 9.64. The summed E-state index contributed by atoms with van der Waals surface area (Å²) in [4.78, 5) is 0. The second kappa shape index (κ2) is 7.98. The molecular weight excluding hydrogens is 449 g/mol. The molecule has 3 rings (SSSR count). The van der Waals surface area contributed by atoms with Crippen LogP contribution in [0.5, 0.6) is 0 Å². The Labute approximate surface area is 161 Å². The minimum atomic E-state index is -3.62. The maximum atomic E-state index is 13.3. The zero-order valence-electron chi connectivity index (χ0n) is 13.5. The molecule has 0 radical (unpaired) electrons. The summed E-state index contributed by atoms with van der Waals surface area (Å²) in [6.45, 7) is 0.515. The molecule has 27 heavy (non-hydrogen) atoms. The van der Waals surface area contributed by atoms with Crippen LogP contribution in [0.1, 0.15) is 5.69 Å². The number of amidine groups is 1. The van der Waals surface area contributed by atoms with E-state index in [1.165, 1.54) is 28.7 Å². The smallest absolute Gasteiger partial charge is 0.322 e. The normalized spacial score (nSPS) is 16.6. The van der Waals surface area contributed by atoms with Crippen LogP contribution in [0.2, 0.25) is 0 Å². The lowest BCUT2D eigenvalue weighted by atomic mass is 10.3. The molecule has 1 aliphatic heterocycles. The van der Waals surface area contributed by atoms with Crippen molar-refractivity contribution in [2.24, 2.45) is 9.55 Å². The molecule has 1 aromatic heterocycles. The van der Waals surface area contributed by atoms with Gasteiger partial charge in [-0.1, -0.05) is 5.16 Å². The van der Waals surface area contributed by atoms with E-state index in [1.54, 1.807) is 0 Å². The Morgan fingerprint density at radius 1 is 1.44 bits per heavy atom. The van der Waals surface area contributed by atoms with Crippen LogP contribution >= 0.6 is 15.9 Å². The van der Waals surface area contributed by atoms with E-state index in [1.807, 2.05) is 0 Å². The lowest BCUT2D eigenvalue weighted by Crippen LogP contribution is -2.31. The molecule has 2 aromatic rings. The van der Waals surface area contributed by atoms with E-state index in [0.717, 1.165) is 0 Å². The summed E-state index contributed by atoms with van der Waals surface area (Å²) in [7, 11) is -3.62. The van der Waals surface area contributed by atoms with Gasteiger partial charge in [-0.3, -0.25) is 0 Å². The molecule has 2 heterocycles. The third-order valence-electron chi connectivity index (χ3n) is 3.47. The Hall–Kier alpha value is -2.58. The topological polar surface area (TPSA) is 145 Å². The second-order valence-corrected chi connectivity index (χ2v) is 7.69. The minimum Gasteiger partial charge on any atom is -0.409 e. The highest BCUT2D eigenvalue weighted by molar-refractivity contribution is 9.10. The zero-order chi connectivity index (χ0) is 19.4. The van der Waals surface area contributed by atoms with Gasteiger partial charge in [-0.25, -0.2) is 9.02 Å². The van der Waals surface area contributed by atoms with Crippen LogP contribution in [0.3, 0.4) is 0 Å². The lowest BCUT2D eigenvalue weighted by molar-refractivity contribution is 0.305. The molecule has 14 heteroatoms. The van der Waals surface area contributed by atoms with E-state index in [2.05, 4.69) is 51.1 Å². The van der Waals surface area contributed by atoms with Crippen molar-refractivity contribution in [3.8, 4) is 0 Å². The maximum Gasteiger partial charge on any atom is 0.322 e. The van der Waals surface area contributed by atoms with Crippen molar-refractivity contribution < 1.29 is 22.6 Å². The van der Waals surface area contributed by atoms with Crippen molar-refractivity contribution in [3.05, 3.63) is 34.2 Å². The number of nitrogens with zero attached hydrogens (tertiary/aromatic N) is 5. The van der Waals surface area contributed by atoms with E-state index in [0.29, 0.717) is 5.69 Å². The van der Waals surface area contributed by atoms with E-state index in [9.17, 15) is 18.0 Å². The summed E-state index contributed by atoms with van der Waals surface area (Å²) in [5.74, 6) is -0.419. The highest BCUT2D eigenvalue weighted by Crippen LogP contribution is 2.21. The van der Waals surface area contributed by atoms with E-state index < -0.39 is 16.0 Å². The Morgan fingerprint density at radius 3 is 2.93 bits per heavy atom. The second-order valence-electron chi connectivity index (χ2n) is 5.21. The van der Waals surface area contributed by atoms with Gasteiger partial charge in [0, 0.05) is 25.0 Å². The fourth-order valence-electron chi connectivity index (χ4n) is 2.19. The van der Waals surface area contributed by atoms with Gasteiger partial charge in [0.15, 0.2) is 5.69 Å². The van der Waals surface area contributed by atoms with Crippen LogP contribution in [-0.4, -0.2) is 59.9 Å². The Kier molecular flexibility index (Phi) is 5.67. The van der Waals surface area contributed by atoms with Gasteiger partial charge in [0.25, 0.3) is 0 Å². The van der Waals surface area contributed by atoms with Gasteiger partial charge in [0.2, 0.25) is 11.7 Å². The Bertz CT molecular complexity index is 994. The number of halogens is 2. The molecular formula is C13H13BrFN7O4S. The fourth-order valence-corrected chi connectivity index (χ4v) is 3.53. The number of oxime groups is 1. The molecule has 3 N–H and O–H groups in total. The molecule has 1 aliphatic rings. The predicted octanol–water partition coefficient (Wildman–Crippen LogP) is 1.26. The summed E-state index contributed by atoms with van der Waals surface area (Å²) < 4.78 is 45.9. The number of hydrogen-bond acceptors (Lipinski definition) is 8. The number of rotatable bonds is 6. The highest BCUT2D eigenvalue weighted by atomic mass is 79.9. The molecule has 0 amide bonds. The first-order chi connectivity index (χ1) is 12.9. The van der Waals surface area contributed by atoms with Crippen molar-refractivity contribution in [3.63, 3.8) is 0 Å². The van der Waals surface area contributed by atoms with Crippen LogP contribution in [0, 0.1) is 5.82 Å². The molecule has 1 aromatic carbocycles. The molecule has 0 saturated carbocycles. The third kappa shape index (κ3) is 4.40. The maximum absolute atomic E-state index is 13.3. The number of aromatic nitrogens is 2. The molecule has 144 valence electrons. The quantitative estimate of drug-likeness (QED) is 0.252. The van der Waals surface area contributed by atoms with Crippen molar-refractivity contribution in [2.75, 3.05) is 30.3 Å². The third-order valence-corrected chi connectivity index (χ3v) is 5.48. The highest BCUT2D eigenvalue weighted by Gasteiger charge is 2.24. The van der Waals surface area contributed by atoms with Gasteiger partial charge < -0.3 is 15.8 Å². The van der Waals surface area contributed by atoms with Crippen molar-refractivity contribution in [1.82, 2.24) is 14.6 Å². The van der Waals surface area contributed by atoms with Gasteiger partial charge >= 0.3 is 10.2 Å². The van der Waals surface area contributed by atoms with Crippen molar-refractivity contribution in [2.45, 2.75) is 0 Å². The predicted molar refractivity (Wildman–Crippen MR) is 97.8 cm³/mol. The van der Waals surface area contributed by atoms with Crippen molar-refractivity contribution in [1.29, 1.82) is 0 Å². The van der Waals surface area contributed by atoms with Crippen LogP contribution in [0.15, 0.2) is 36.9 Å². The van der Waals surface area contributed by atoms with E-state index >= 15 is 0 Å². The van der Waals surface area contributed by atoms with Crippen LogP contribution in [-0.2, 0) is 10.2 Å². The first-order valence-electron chi connectivity index (χ1n) is 7.45.